The molecule has 24 heavy (non-hydrogen) atoms. The van der Waals surface area contributed by atoms with E-state index < -0.39 is 39.6 Å². The second-order valence-corrected chi connectivity index (χ2v) is 8.94. The minimum absolute atomic E-state index is 0.125. The monoisotopic (exact) mass is 386 g/mol. The predicted octanol–water partition coefficient (Wildman–Crippen LogP) is 2.90. The summed E-state index contributed by atoms with van der Waals surface area (Å²) in [5, 5.41) is 19.7. The third-order valence-electron chi connectivity index (χ3n) is 4.67. The predicted molar refractivity (Wildman–Crippen MR) is 93.2 cm³/mol. The Hall–Kier alpha value is -1.11. The average Bonchev–Trinajstić information content (AvgIpc) is 3.26. The quantitative estimate of drug-likeness (QED) is 0.828. The number of benzene rings is 2. The highest BCUT2D eigenvalue weighted by Gasteiger charge is 2.70. The van der Waals surface area contributed by atoms with Crippen molar-refractivity contribution in [1.29, 1.82) is 0 Å². The normalized spacial score (nSPS) is 22.3. The number of rotatable bonds is 5. The summed E-state index contributed by atoms with van der Waals surface area (Å²) in [5.41, 5.74) is -0.378. The fraction of sp³-hybridized carbons (Fsp3) is 0.294. The molecule has 0 aromatic heterocycles. The van der Waals surface area contributed by atoms with Crippen LogP contribution in [0.25, 0.3) is 0 Å². The van der Waals surface area contributed by atoms with Gasteiger partial charge in [-0.2, -0.15) is 0 Å². The van der Waals surface area contributed by atoms with Crippen molar-refractivity contribution in [3.8, 4) is 0 Å². The molecule has 3 rings (SSSR count). The SMILES string of the molecule is O=S(=O)(c1ccc(Cl)cc1)[C@@H]1[C@H](c2ccc(Cl)cc2)C1(CO)CO. The molecule has 0 radical (unpaired) electrons. The summed E-state index contributed by atoms with van der Waals surface area (Å²) in [6, 6.07) is 12.7. The zero-order chi connectivity index (χ0) is 17.5. The molecular formula is C17H16Cl2O4S. The van der Waals surface area contributed by atoms with E-state index in [2.05, 4.69) is 0 Å². The lowest BCUT2D eigenvalue weighted by atomic mass is 10.0. The van der Waals surface area contributed by atoms with Crippen molar-refractivity contribution in [3.05, 3.63) is 64.1 Å². The summed E-state index contributed by atoms with van der Waals surface area (Å²) in [6.45, 7) is -0.845. The molecule has 7 heteroatoms. The minimum atomic E-state index is -3.73. The van der Waals surface area contributed by atoms with E-state index in [0.717, 1.165) is 5.56 Å². The Bertz CT molecular complexity index is 828. The van der Waals surface area contributed by atoms with E-state index in [1.54, 1.807) is 24.3 Å². The molecule has 2 atom stereocenters. The van der Waals surface area contributed by atoms with Gasteiger partial charge in [0.1, 0.15) is 0 Å². The Labute approximate surface area is 150 Å². The Kier molecular flexibility index (Phi) is 4.66. The first kappa shape index (κ1) is 17.7. The zero-order valence-corrected chi connectivity index (χ0v) is 14.9. The Balaban J connectivity index is 2.04. The molecule has 128 valence electrons. The lowest BCUT2D eigenvalue weighted by Crippen LogP contribution is -2.23. The van der Waals surface area contributed by atoms with Crippen LogP contribution >= 0.6 is 23.2 Å². The van der Waals surface area contributed by atoms with Gasteiger partial charge in [-0.3, -0.25) is 0 Å². The maximum Gasteiger partial charge on any atom is 0.182 e. The standard InChI is InChI=1S/C17H16Cl2O4S/c18-12-3-1-11(2-4-12)15-16(17(15,9-20)10-21)24(22,23)14-7-5-13(19)6-8-14/h1-8,15-16,20-21H,9-10H2/t15-,16+/m0/s1. The van der Waals surface area contributed by atoms with Crippen LogP contribution in [0.5, 0.6) is 0 Å². The summed E-state index contributed by atoms with van der Waals surface area (Å²) >= 11 is 11.7. The van der Waals surface area contributed by atoms with Crippen LogP contribution in [0.15, 0.2) is 53.4 Å². The van der Waals surface area contributed by atoms with Gasteiger partial charge in [0, 0.05) is 21.4 Å². The maximum absolute atomic E-state index is 13.0. The van der Waals surface area contributed by atoms with Crippen LogP contribution in [0.3, 0.4) is 0 Å². The van der Waals surface area contributed by atoms with Gasteiger partial charge < -0.3 is 10.2 Å². The molecule has 1 aliphatic carbocycles. The van der Waals surface area contributed by atoms with Gasteiger partial charge in [0.2, 0.25) is 0 Å². The van der Waals surface area contributed by atoms with Gasteiger partial charge in [-0.15, -0.1) is 0 Å². The number of hydrogen-bond donors (Lipinski definition) is 2. The van der Waals surface area contributed by atoms with Gasteiger partial charge in [-0.1, -0.05) is 35.3 Å². The van der Waals surface area contributed by atoms with Gasteiger partial charge >= 0.3 is 0 Å². The fourth-order valence-electron chi connectivity index (χ4n) is 3.32. The lowest BCUT2D eigenvalue weighted by molar-refractivity contribution is 0.130. The lowest BCUT2D eigenvalue weighted by Gasteiger charge is -2.11. The van der Waals surface area contributed by atoms with E-state index in [9.17, 15) is 18.6 Å². The number of sulfone groups is 1. The van der Waals surface area contributed by atoms with E-state index in [1.807, 2.05) is 0 Å². The molecule has 2 aromatic carbocycles. The molecule has 0 unspecified atom stereocenters. The molecule has 0 heterocycles. The van der Waals surface area contributed by atoms with E-state index >= 15 is 0 Å². The zero-order valence-electron chi connectivity index (χ0n) is 12.6. The second kappa shape index (κ2) is 6.32. The van der Waals surface area contributed by atoms with Gasteiger partial charge in [0.15, 0.2) is 9.84 Å². The van der Waals surface area contributed by atoms with Crippen LogP contribution in [0, 0.1) is 5.41 Å². The van der Waals surface area contributed by atoms with Crippen LogP contribution in [0.1, 0.15) is 11.5 Å². The minimum Gasteiger partial charge on any atom is -0.396 e. The molecule has 0 bridgehead atoms. The van der Waals surface area contributed by atoms with Crippen molar-refractivity contribution in [2.45, 2.75) is 16.1 Å². The summed E-state index contributed by atoms with van der Waals surface area (Å²) < 4.78 is 26.0. The van der Waals surface area contributed by atoms with E-state index in [1.165, 1.54) is 24.3 Å². The van der Waals surface area contributed by atoms with E-state index in [0.29, 0.717) is 10.0 Å². The van der Waals surface area contributed by atoms with Crippen LogP contribution in [0.4, 0.5) is 0 Å². The third-order valence-corrected chi connectivity index (χ3v) is 7.52. The highest BCUT2D eigenvalue weighted by atomic mass is 35.5. The van der Waals surface area contributed by atoms with E-state index in [-0.39, 0.29) is 4.90 Å². The molecule has 4 nitrogen and oxygen atoms in total. The van der Waals surface area contributed by atoms with Crippen LogP contribution < -0.4 is 0 Å². The van der Waals surface area contributed by atoms with Crippen molar-refractivity contribution in [1.82, 2.24) is 0 Å². The molecule has 0 saturated heterocycles. The molecule has 1 aliphatic rings. The highest BCUT2D eigenvalue weighted by molar-refractivity contribution is 7.92. The van der Waals surface area contributed by atoms with Crippen molar-refractivity contribution < 1.29 is 18.6 Å². The van der Waals surface area contributed by atoms with E-state index in [4.69, 9.17) is 23.2 Å². The third kappa shape index (κ3) is 2.74. The fourth-order valence-corrected chi connectivity index (χ4v) is 6.00. The van der Waals surface area contributed by atoms with Crippen molar-refractivity contribution in [2.24, 2.45) is 5.41 Å². The molecule has 1 saturated carbocycles. The molecule has 0 amide bonds. The van der Waals surface area contributed by atoms with Crippen LogP contribution in [-0.4, -0.2) is 37.1 Å². The highest BCUT2D eigenvalue weighted by Crippen LogP contribution is 2.63. The molecular weight excluding hydrogens is 371 g/mol. The van der Waals surface area contributed by atoms with Gasteiger partial charge in [-0.25, -0.2) is 8.42 Å². The Morgan fingerprint density at radius 2 is 1.33 bits per heavy atom. The first-order valence-electron chi connectivity index (χ1n) is 7.33. The number of aliphatic hydroxyl groups is 2. The molecule has 1 fully saturated rings. The maximum atomic E-state index is 13.0. The topological polar surface area (TPSA) is 74.6 Å². The van der Waals surface area contributed by atoms with Gasteiger partial charge in [0.05, 0.1) is 23.4 Å². The number of hydrogen-bond acceptors (Lipinski definition) is 4. The van der Waals surface area contributed by atoms with Crippen molar-refractivity contribution >= 4 is 33.0 Å². The number of halogens is 2. The van der Waals surface area contributed by atoms with Gasteiger partial charge in [-0.05, 0) is 42.0 Å². The first-order valence-corrected chi connectivity index (χ1v) is 9.64. The summed E-state index contributed by atoms with van der Waals surface area (Å²) in [5.74, 6) is -0.495. The van der Waals surface area contributed by atoms with Crippen LogP contribution in [-0.2, 0) is 9.84 Å². The number of aliphatic hydroxyl groups excluding tert-OH is 2. The summed E-state index contributed by atoms with van der Waals surface area (Å²) in [4.78, 5) is 0.125. The molecule has 0 spiro atoms. The first-order chi connectivity index (χ1) is 11.4. The molecule has 0 aliphatic heterocycles. The average molecular weight is 387 g/mol. The Morgan fingerprint density at radius 1 is 0.875 bits per heavy atom. The van der Waals surface area contributed by atoms with Crippen molar-refractivity contribution in [3.63, 3.8) is 0 Å². The summed E-state index contributed by atoms with van der Waals surface area (Å²) in [6.07, 6.45) is 0. The smallest absolute Gasteiger partial charge is 0.182 e. The van der Waals surface area contributed by atoms with Crippen LogP contribution in [0.2, 0.25) is 10.0 Å². The van der Waals surface area contributed by atoms with Crippen molar-refractivity contribution in [2.75, 3.05) is 13.2 Å². The Morgan fingerprint density at radius 3 is 1.79 bits per heavy atom. The molecule has 2 aromatic rings. The molecule has 2 N–H and O–H groups in total. The van der Waals surface area contributed by atoms with Gasteiger partial charge in [0.25, 0.3) is 0 Å². The summed E-state index contributed by atoms with van der Waals surface area (Å²) in [7, 11) is -3.73. The second-order valence-electron chi connectivity index (χ2n) is 6.00. The largest absolute Gasteiger partial charge is 0.396 e.